The molecule has 1 atom stereocenters. The molecule has 1 aliphatic heterocycles. The fraction of sp³-hybridized carbons (Fsp3) is 0.206. The number of nitrogens with zero attached hydrogens (tertiary/aromatic N) is 4. The number of benzene rings is 3. The summed E-state index contributed by atoms with van der Waals surface area (Å²) in [6, 6.07) is 23.1. The van der Waals surface area contributed by atoms with Crippen LogP contribution >= 0.6 is 22.9 Å². The second kappa shape index (κ2) is 11.7. The molecule has 0 bridgehead atoms. The Kier molecular flexibility index (Phi) is 7.81. The van der Waals surface area contributed by atoms with Crippen LogP contribution < -0.4 is 19.8 Å². The Morgan fingerprint density at radius 3 is 2.51 bits per heavy atom. The number of rotatable bonds is 7. The number of thiazole rings is 1. The molecule has 6 rings (SSSR count). The third-order valence-electron chi connectivity index (χ3n) is 7.65. The fourth-order valence-corrected chi connectivity index (χ4v) is 6.77. The van der Waals surface area contributed by atoms with Gasteiger partial charge in [0.25, 0.3) is 5.56 Å². The van der Waals surface area contributed by atoms with Gasteiger partial charge in [-0.3, -0.25) is 9.36 Å². The van der Waals surface area contributed by atoms with Crippen LogP contribution in [-0.2, 0) is 16.1 Å². The van der Waals surface area contributed by atoms with E-state index < -0.39 is 12.0 Å². The van der Waals surface area contributed by atoms with Crippen molar-refractivity contribution in [1.29, 1.82) is 0 Å². The molecular formula is C34H31ClN4O3S. The number of hydrogen-bond acceptors (Lipinski definition) is 6. The van der Waals surface area contributed by atoms with Crippen molar-refractivity contribution in [2.75, 3.05) is 25.6 Å². The first-order valence-corrected chi connectivity index (χ1v) is 15.2. The van der Waals surface area contributed by atoms with Gasteiger partial charge in [0.15, 0.2) is 4.80 Å². The van der Waals surface area contributed by atoms with Gasteiger partial charge in [-0.25, -0.2) is 9.79 Å². The van der Waals surface area contributed by atoms with Gasteiger partial charge in [-0.1, -0.05) is 71.5 Å². The van der Waals surface area contributed by atoms with Gasteiger partial charge in [0.1, 0.15) is 0 Å². The molecular weight excluding hydrogens is 580 g/mol. The maximum atomic E-state index is 14.2. The zero-order valence-electron chi connectivity index (χ0n) is 24.4. The highest BCUT2D eigenvalue weighted by molar-refractivity contribution is 7.07. The average Bonchev–Trinajstić information content (AvgIpc) is 3.50. The van der Waals surface area contributed by atoms with Crippen LogP contribution in [0.15, 0.2) is 100 Å². The SMILES string of the molecule is CCOC(=O)C1=C(C)N=c2s/c(=C\c3cn(Cc4ccccc4Cl)c4ccccc34)c(=O)n2[C@H]1c1ccc(N(C)C)cc1. The quantitative estimate of drug-likeness (QED) is 0.228. The Hall–Kier alpha value is -4.40. The van der Waals surface area contributed by atoms with Crippen LogP contribution in [0.5, 0.6) is 0 Å². The fourth-order valence-electron chi connectivity index (χ4n) is 5.53. The Labute approximate surface area is 258 Å². The van der Waals surface area contributed by atoms with Crippen LogP contribution in [0.4, 0.5) is 5.69 Å². The normalized spacial score (nSPS) is 15.0. The number of allylic oxidation sites excluding steroid dienone is 1. The molecule has 7 nitrogen and oxygen atoms in total. The molecule has 0 aliphatic carbocycles. The van der Waals surface area contributed by atoms with Crippen molar-refractivity contribution in [3.8, 4) is 0 Å². The summed E-state index contributed by atoms with van der Waals surface area (Å²) in [7, 11) is 3.94. The lowest BCUT2D eigenvalue weighted by Gasteiger charge is -2.25. The Morgan fingerprint density at radius 1 is 1.07 bits per heavy atom. The third kappa shape index (κ3) is 5.32. The molecule has 0 radical (unpaired) electrons. The van der Waals surface area contributed by atoms with Gasteiger partial charge in [-0.15, -0.1) is 0 Å². The second-order valence-corrected chi connectivity index (χ2v) is 12.0. The Balaban J connectivity index is 1.51. The summed E-state index contributed by atoms with van der Waals surface area (Å²) in [5.41, 5.74) is 5.51. The first kappa shape index (κ1) is 28.7. The van der Waals surface area contributed by atoms with Crippen molar-refractivity contribution in [3.05, 3.63) is 132 Å². The van der Waals surface area contributed by atoms with E-state index in [2.05, 4.69) is 22.9 Å². The average molecular weight is 611 g/mol. The molecule has 9 heteroatoms. The Bertz CT molecular complexity index is 2070. The molecule has 0 amide bonds. The van der Waals surface area contributed by atoms with Gasteiger partial charge < -0.3 is 14.2 Å². The minimum atomic E-state index is -0.657. The van der Waals surface area contributed by atoms with Gasteiger partial charge in [-0.2, -0.15) is 0 Å². The standard InChI is InChI=1S/C34H31ClN4O3S/c1-5-42-33(41)30-21(2)36-34-39(31(30)22-14-16-25(17-15-22)37(3)4)32(40)29(43-34)18-24-20-38(28-13-9-7-11-26(24)28)19-23-10-6-8-12-27(23)35/h6-18,20,31H,5,19H2,1-4H3/b29-18-/t31-/m0/s1. The predicted octanol–water partition coefficient (Wildman–Crippen LogP) is 5.52. The van der Waals surface area contributed by atoms with Crippen LogP contribution in [0, 0.1) is 0 Å². The molecule has 0 unspecified atom stereocenters. The first-order chi connectivity index (χ1) is 20.8. The van der Waals surface area contributed by atoms with Crippen molar-refractivity contribution in [1.82, 2.24) is 9.13 Å². The number of carbonyl (C=O) groups is 1. The minimum absolute atomic E-state index is 0.206. The van der Waals surface area contributed by atoms with Crippen molar-refractivity contribution < 1.29 is 9.53 Å². The highest BCUT2D eigenvalue weighted by Crippen LogP contribution is 2.32. The smallest absolute Gasteiger partial charge is 0.338 e. The topological polar surface area (TPSA) is 68.8 Å². The van der Waals surface area contributed by atoms with Crippen molar-refractivity contribution >= 4 is 51.6 Å². The predicted molar refractivity (Wildman–Crippen MR) is 174 cm³/mol. The summed E-state index contributed by atoms with van der Waals surface area (Å²) in [4.78, 5) is 34.7. The highest BCUT2D eigenvalue weighted by atomic mass is 35.5. The van der Waals surface area contributed by atoms with Crippen LogP contribution in [0.1, 0.15) is 36.6 Å². The van der Waals surface area contributed by atoms with Gasteiger partial charge in [0.05, 0.1) is 28.5 Å². The molecule has 3 aromatic carbocycles. The molecule has 0 N–H and O–H groups in total. The molecule has 2 aromatic heterocycles. The van der Waals surface area contributed by atoms with Gasteiger partial charge in [0.2, 0.25) is 0 Å². The Morgan fingerprint density at radius 2 is 1.79 bits per heavy atom. The zero-order valence-corrected chi connectivity index (χ0v) is 25.9. The molecule has 1 aliphatic rings. The molecule has 5 aromatic rings. The lowest BCUT2D eigenvalue weighted by atomic mass is 9.95. The van der Waals surface area contributed by atoms with E-state index in [0.29, 0.717) is 32.2 Å². The van der Waals surface area contributed by atoms with E-state index in [0.717, 1.165) is 33.3 Å². The second-order valence-electron chi connectivity index (χ2n) is 10.6. The van der Waals surface area contributed by atoms with E-state index in [-0.39, 0.29) is 12.2 Å². The molecule has 218 valence electrons. The number of esters is 1. The van der Waals surface area contributed by atoms with E-state index >= 15 is 0 Å². The van der Waals surface area contributed by atoms with Crippen molar-refractivity contribution in [3.63, 3.8) is 0 Å². The molecule has 3 heterocycles. The lowest BCUT2D eigenvalue weighted by molar-refractivity contribution is -0.139. The number of aromatic nitrogens is 2. The maximum Gasteiger partial charge on any atom is 0.338 e. The number of hydrogen-bond donors (Lipinski definition) is 0. The van der Waals surface area contributed by atoms with Crippen LogP contribution in [0.3, 0.4) is 0 Å². The maximum absolute atomic E-state index is 14.2. The number of para-hydroxylation sites is 1. The van der Waals surface area contributed by atoms with Gasteiger partial charge in [0, 0.05) is 54.0 Å². The van der Waals surface area contributed by atoms with Crippen molar-refractivity contribution in [2.24, 2.45) is 4.99 Å². The lowest BCUT2D eigenvalue weighted by Crippen LogP contribution is -2.39. The molecule has 0 saturated heterocycles. The van der Waals surface area contributed by atoms with Crippen LogP contribution in [0.2, 0.25) is 5.02 Å². The monoisotopic (exact) mass is 610 g/mol. The van der Waals surface area contributed by atoms with E-state index in [9.17, 15) is 9.59 Å². The van der Waals surface area contributed by atoms with E-state index in [1.807, 2.05) is 85.7 Å². The summed E-state index contributed by atoms with van der Waals surface area (Å²) in [5.74, 6) is -0.470. The number of halogens is 1. The molecule has 43 heavy (non-hydrogen) atoms. The molecule has 0 spiro atoms. The van der Waals surface area contributed by atoms with Gasteiger partial charge >= 0.3 is 5.97 Å². The third-order valence-corrected chi connectivity index (χ3v) is 9.00. The minimum Gasteiger partial charge on any atom is -0.463 e. The highest BCUT2D eigenvalue weighted by Gasteiger charge is 2.33. The van der Waals surface area contributed by atoms with E-state index in [4.69, 9.17) is 21.3 Å². The molecule has 0 saturated carbocycles. The first-order valence-electron chi connectivity index (χ1n) is 14.0. The van der Waals surface area contributed by atoms with Crippen molar-refractivity contribution in [2.45, 2.75) is 26.4 Å². The number of fused-ring (bicyclic) bond motifs is 2. The summed E-state index contributed by atoms with van der Waals surface area (Å²) >= 11 is 7.80. The van der Waals surface area contributed by atoms with Gasteiger partial charge in [-0.05, 0) is 55.3 Å². The number of ether oxygens (including phenoxy) is 1. The largest absolute Gasteiger partial charge is 0.463 e. The summed E-state index contributed by atoms with van der Waals surface area (Å²) in [5, 5.41) is 1.74. The molecule has 0 fully saturated rings. The van der Waals surface area contributed by atoms with E-state index in [1.54, 1.807) is 18.4 Å². The number of carbonyl (C=O) groups excluding carboxylic acids is 1. The zero-order chi connectivity index (χ0) is 30.2. The van der Waals surface area contributed by atoms with E-state index in [1.165, 1.54) is 11.3 Å². The summed E-state index contributed by atoms with van der Waals surface area (Å²) in [6.45, 7) is 4.39. The number of anilines is 1. The summed E-state index contributed by atoms with van der Waals surface area (Å²) in [6.07, 6.45) is 3.98. The van der Waals surface area contributed by atoms with Crippen LogP contribution in [-0.4, -0.2) is 35.8 Å². The van der Waals surface area contributed by atoms with Crippen LogP contribution in [0.25, 0.3) is 17.0 Å². The summed E-state index contributed by atoms with van der Waals surface area (Å²) < 4.78 is 9.75.